The van der Waals surface area contributed by atoms with Crippen molar-refractivity contribution >= 4 is 40.9 Å². The Morgan fingerprint density at radius 1 is 1.47 bits per heavy atom. The molecule has 0 aliphatic heterocycles. The van der Waals surface area contributed by atoms with E-state index in [9.17, 15) is 4.79 Å². The lowest BCUT2D eigenvalue weighted by molar-refractivity contribution is -0.121. The molecule has 0 aliphatic carbocycles. The topological polar surface area (TPSA) is 49.3 Å². The van der Waals surface area contributed by atoms with E-state index >= 15 is 0 Å². The van der Waals surface area contributed by atoms with Gasteiger partial charge in [0.25, 0.3) is 0 Å². The summed E-state index contributed by atoms with van der Waals surface area (Å²) in [5, 5.41) is 12.9. The van der Waals surface area contributed by atoms with Crippen LogP contribution in [0.15, 0.2) is 18.2 Å². The number of hydrogen-bond acceptors (Lipinski definition) is 3. The van der Waals surface area contributed by atoms with E-state index in [0.29, 0.717) is 22.0 Å². The number of carbonyl (C=O) groups excluding carboxylic acids is 1. The molecule has 0 aliphatic rings. The van der Waals surface area contributed by atoms with Crippen LogP contribution in [-0.2, 0) is 11.2 Å². The highest BCUT2D eigenvalue weighted by atomic mass is 35.5. The number of thioether (sulfide) groups is 1. The number of halogens is 2. The first-order chi connectivity index (χ1) is 9.06. The number of aliphatic hydroxyl groups excluding tert-OH is 1. The first-order valence-electron chi connectivity index (χ1n) is 5.90. The molecule has 0 fully saturated rings. The summed E-state index contributed by atoms with van der Waals surface area (Å²) in [5.41, 5.74) is 0.707. The lowest BCUT2D eigenvalue weighted by atomic mass is 10.1. The molecule has 1 rings (SSSR count). The van der Waals surface area contributed by atoms with E-state index < -0.39 is 0 Å². The maximum Gasteiger partial charge on any atom is 0.224 e. The van der Waals surface area contributed by atoms with Crippen LogP contribution in [-0.4, -0.2) is 35.7 Å². The molecule has 0 radical (unpaired) electrons. The zero-order valence-electron chi connectivity index (χ0n) is 10.7. The number of carbonyl (C=O) groups is 1. The Bertz CT molecular complexity index is 423. The fourth-order valence-corrected chi connectivity index (χ4v) is 2.72. The summed E-state index contributed by atoms with van der Waals surface area (Å²) in [6, 6.07) is 5.04. The standard InChI is InChI=1S/C13H17Cl2NO2S/c1-19-8-11(4-5-17)16-13(18)7-9-6-10(14)2-3-12(9)15/h2-3,6,11,17H,4-5,7-8H2,1H3,(H,16,18). The third-order valence-electron chi connectivity index (χ3n) is 2.57. The SMILES string of the molecule is CSCC(CCO)NC(=O)Cc1cc(Cl)ccc1Cl. The highest BCUT2D eigenvalue weighted by Crippen LogP contribution is 2.21. The summed E-state index contributed by atoms with van der Waals surface area (Å²) in [6.45, 7) is 0.0590. The number of nitrogens with one attached hydrogen (secondary N) is 1. The predicted octanol–water partition coefficient (Wildman–Crippen LogP) is 2.77. The van der Waals surface area contributed by atoms with E-state index in [1.54, 1.807) is 30.0 Å². The molecule has 0 saturated heterocycles. The second-order valence-corrected chi connectivity index (χ2v) is 5.90. The number of aliphatic hydroxyl groups is 1. The predicted molar refractivity (Wildman–Crippen MR) is 82.2 cm³/mol. The van der Waals surface area contributed by atoms with Gasteiger partial charge in [0, 0.05) is 28.4 Å². The minimum Gasteiger partial charge on any atom is -0.396 e. The maximum atomic E-state index is 11.9. The second-order valence-electron chi connectivity index (χ2n) is 4.14. The van der Waals surface area contributed by atoms with Crippen LogP contribution in [0.1, 0.15) is 12.0 Å². The van der Waals surface area contributed by atoms with Gasteiger partial charge in [-0.05, 0) is 36.4 Å². The lowest BCUT2D eigenvalue weighted by Gasteiger charge is -2.17. The van der Waals surface area contributed by atoms with Crippen molar-refractivity contribution in [2.45, 2.75) is 18.9 Å². The van der Waals surface area contributed by atoms with Crippen molar-refractivity contribution in [1.82, 2.24) is 5.32 Å². The van der Waals surface area contributed by atoms with Crippen LogP contribution in [0.4, 0.5) is 0 Å². The minimum atomic E-state index is -0.114. The first-order valence-corrected chi connectivity index (χ1v) is 8.05. The van der Waals surface area contributed by atoms with Crippen molar-refractivity contribution in [1.29, 1.82) is 0 Å². The van der Waals surface area contributed by atoms with Crippen LogP contribution in [0.3, 0.4) is 0 Å². The largest absolute Gasteiger partial charge is 0.396 e. The Balaban J connectivity index is 2.60. The van der Waals surface area contributed by atoms with E-state index in [2.05, 4.69) is 5.32 Å². The quantitative estimate of drug-likeness (QED) is 0.811. The molecule has 1 aromatic carbocycles. The minimum absolute atomic E-state index is 0.0227. The van der Waals surface area contributed by atoms with E-state index in [0.717, 1.165) is 5.75 Å². The van der Waals surface area contributed by atoms with Crippen LogP contribution >= 0.6 is 35.0 Å². The lowest BCUT2D eigenvalue weighted by Crippen LogP contribution is -2.38. The number of rotatable bonds is 7. The number of benzene rings is 1. The summed E-state index contributed by atoms with van der Waals surface area (Å²) in [5.74, 6) is 0.659. The second kappa shape index (κ2) is 8.69. The molecule has 0 spiro atoms. The Hall–Kier alpha value is -0.420. The molecule has 0 saturated carbocycles. The molecule has 106 valence electrons. The monoisotopic (exact) mass is 321 g/mol. The van der Waals surface area contributed by atoms with Gasteiger partial charge in [-0.25, -0.2) is 0 Å². The average Bonchev–Trinajstić information content (AvgIpc) is 2.34. The highest BCUT2D eigenvalue weighted by Gasteiger charge is 2.13. The molecule has 1 amide bonds. The maximum absolute atomic E-state index is 11.9. The zero-order chi connectivity index (χ0) is 14.3. The Morgan fingerprint density at radius 3 is 2.84 bits per heavy atom. The number of hydrogen-bond donors (Lipinski definition) is 2. The molecule has 6 heteroatoms. The highest BCUT2D eigenvalue weighted by molar-refractivity contribution is 7.98. The van der Waals surface area contributed by atoms with E-state index in [4.69, 9.17) is 28.3 Å². The zero-order valence-corrected chi connectivity index (χ0v) is 13.0. The van der Waals surface area contributed by atoms with Gasteiger partial charge in [0.15, 0.2) is 0 Å². The van der Waals surface area contributed by atoms with Crippen LogP contribution < -0.4 is 5.32 Å². The van der Waals surface area contributed by atoms with E-state index in [-0.39, 0.29) is 25.0 Å². The summed E-state index contributed by atoms with van der Waals surface area (Å²) in [4.78, 5) is 11.9. The molecule has 1 atom stereocenters. The molecule has 0 heterocycles. The Kier molecular flexibility index (Phi) is 7.61. The third kappa shape index (κ3) is 6.04. The Labute approximate surface area is 127 Å². The van der Waals surface area contributed by atoms with Crippen molar-refractivity contribution < 1.29 is 9.90 Å². The average molecular weight is 322 g/mol. The van der Waals surface area contributed by atoms with Gasteiger partial charge in [0.05, 0.1) is 6.42 Å². The van der Waals surface area contributed by atoms with Crippen molar-refractivity contribution in [2.75, 3.05) is 18.6 Å². The third-order valence-corrected chi connectivity index (χ3v) is 3.91. The van der Waals surface area contributed by atoms with Gasteiger partial charge in [-0.1, -0.05) is 23.2 Å². The Morgan fingerprint density at radius 2 is 2.21 bits per heavy atom. The summed E-state index contributed by atoms with van der Waals surface area (Å²) < 4.78 is 0. The van der Waals surface area contributed by atoms with Gasteiger partial charge in [0.1, 0.15) is 0 Å². The summed E-state index contributed by atoms with van der Waals surface area (Å²) in [7, 11) is 0. The normalized spacial score (nSPS) is 12.2. The van der Waals surface area contributed by atoms with Crippen molar-refractivity contribution in [3.05, 3.63) is 33.8 Å². The molecular formula is C13H17Cl2NO2S. The molecule has 3 nitrogen and oxygen atoms in total. The van der Waals surface area contributed by atoms with Crippen LogP contribution in [0, 0.1) is 0 Å². The molecule has 19 heavy (non-hydrogen) atoms. The van der Waals surface area contributed by atoms with Gasteiger partial charge < -0.3 is 10.4 Å². The van der Waals surface area contributed by atoms with Crippen LogP contribution in [0.2, 0.25) is 10.0 Å². The first kappa shape index (κ1) is 16.6. The van der Waals surface area contributed by atoms with Gasteiger partial charge in [-0.3, -0.25) is 4.79 Å². The summed E-state index contributed by atoms with van der Waals surface area (Å²) >= 11 is 13.5. The fourth-order valence-electron chi connectivity index (χ4n) is 1.68. The molecule has 1 aromatic rings. The van der Waals surface area contributed by atoms with Crippen molar-refractivity contribution in [3.63, 3.8) is 0 Å². The fraction of sp³-hybridized carbons (Fsp3) is 0.462. The summed E-state index contributed by atoms with van der Waals surface area (Å²) in [6.07, 6.45) is 2.70. The molecule has 1 unspecified atom stereocenters. The van der Waals surface area contributed by atoms with Gasteiger partial charge in [-0.15, -0.1) is 0 Å². The smallest absolute Gasteiger partial charge is 0.224 e. The van der Waals surface area contributed by atoms with E-state index in [1.807, 2.05) is 6.26 Å². The van der Waals surface area contributed by atoms with Gasteiger partial charge in [-0.2, -0.15) is 11.8 Å². The van der Waals surface area contributed by atoms with Gasteiger partial charge in [0.2, 0.25) is 5.91 Å². The molecule has 0 bridgehead atoms. The van der Waals surface area contributed by atoms with Crippen LogP contribution in [0.5, 0.6) is 0 Å². The molecule has 2 N–H and O–H groups in total. The van der Waals surface area contributed by atoms with Crippen molar-refractivity contribution in [2.24, 2.45) is 0 Å². The number of amides is 1. The van der Waals surface area contributed by atoms with E-state index in [1.165, 1.54) is 0 Å². The molecule has 0 aromatic heterocycles. The van der Waals surface area contributed by atoms with Crippen LogP contribution in [0.25, 0.3) is 0 Å². The van der Waals surface area contributed by atoms with Gasteiger partial charge >= 0.3 is 0 Å². The molecular weight excluding hydrogens is 305 g/mol. The van der Waals surface area contributed by atoms with Crippen molar-refractivity contribution in [3.8, 4) is 0 Å².